The monoisotopic (exact) mass is 353 g/mol. The van der Waals surface area contributed by atoms with Crippen LogP contribution in [0.2, 0.25) is 0 Å². The zero-order valence-electron chi connectivity index (χ0n) is 12.7. The lowest BCUT2D eigenvalue weighted by atomic mass is 9.93. The molecule has 0 spiro atoms. The van der Waals surface area contributed by atoms with Crippen molar-refractivity contribution >= 4 is 21.8 Å². The van der Waals surface area contributed by atoms with Gasteiger partial charge in [0, 0.05) is 23.5 Å². The van der Waals surface area contributed by atoms with Gasteiger partial charge >= 0.3 is 0 Å². The molecular formula is C17H24BrNO2. The van der Waals surface area contributed by atoms with Crippen LogP contribution in [-0.2, 0) is 11.2 Å². The predicted molar refractivity (Wildman–Crippen MR) is 89.1 cm³/mol. The van der Waals surface area contributed by atoms with Crippen molar-refractivity contribution in [2.45, 2.75) is 44.6 Å². The van der Waals surface area contributed by atoms with Gasteiger partial charge in [0.2, 0.25) is 5.91 Å². The van der Waals surface area contributed by atoms with Gasteiger partial charge in [-0.05, 0) is 18.9 Å². The van der Waals surface area contributed by atoms with Crippen LogP contribution < -0.4 is 4.74 Å². The number of rotatable bonds is 6. The van der Waals surface area contributed by atoms with Gasteiger partial charge in [-0.25, -0.2) is 0 Å². The highest BCUT2D eigenvalue weighted by atomic mass is 79.9. The van der Waals surface area contributed by atoms with E-state index < -0.39 is 0 Å². The average molecular weight is 354 g/mol. The third kappa shape index (κ3) is 4.47. The van der Waals surface area contributed by atoms with E-state index in [1.165, 1.54) is 19.3 Å². The Morgan fingerprint density at radius 1 is 1.29 bits per heavy atom. The molecule has 0 aliphatic heterocycles. The standard InChI is InChI=1S/C17H24BrNO2/c1-21-16-10-6-5-7-14(16)13-17(20)19(12-11-18)15-8-3-2-4-9-15/h5-7,10,15H,2-4,8-9,11-13H2,1H3. The molecule has 3 nitrogen and oxygen atoms in total. The number of halogens is 1. The predicted octanol–water partition coefficient (Wildman–Crippen LogP) is 3.79. The van der Waals surface area contributed by atoms with Crippen molar-refractivity contribution in [1.29, 1.82) is 0 Å². The normalized spacial score (nSPS) is 15.7. The van der Waals surface area contributed by atoms with E-state index in [1.807, 2.05) is 24.3 Å². The zero-order chi connectivity index (χ0) is 15.1. The molecule has 1 aromatic rings. The molecule has 0 heterocycles. The number of hydrogen-bond acceptors (Lipinski definition) is 2. The Kier molecular flexibility index (Phi) is 6.55. The lowest BCUT2D eigenvalue weighted by Gasteiger charge is -2.34. The van der Waals surface area contributed by atoms with Crippen LogP contribution >= 0.6 is 15.9 Å². The van der Waals surface area contributed by atoms with E-state index >= 15 is 0 Å². The van der Waals surface area contributed by atoms with Gasteiger partial charge in [-0.3, -0.25) is 4.79 Å². The quantitative estimate of drug-likeness (QED) is 0.728. The number of para-hydroxylation sites is 1. The number of carbonyl (C=O) groups excluding carboxylic acids is 1. The molecule has 0 N–H and O–H groups in total. The molecule has 1 fully saturated rings. The summed E-state index contributed by atoms with van der Waals surface area (Å²) in [6.07, 6.45) is 6.50. The number of methoxy groups -OCH3 is 1. The van der Waals surface area contributed by atoms with Crippen molar-refractivity contribution in [3.8, 4) is 5.75 Å². The second-order valence-electron chi connectivity index (χ2n) is 5.56. The fraction of sp³-hybridized carbons (Fsp3) is 0.588. The van der Waals surface area contributed by atoms with Crippen LogP contribution in [0.3, 0.4) is 0 Å². The first-order chi connectivity index (χ1) is 10.3. The van der Waals surface area contributed by atoms with E-state index in [0.29, 0.717) is 12.5 Å². The molecule has 0 aromatic heterocycles. The smallest absolute Gasteiger partial charge is 0.227 e. The lowest BCUT2D eigenvalue weighted by molar-refractivity contribution is -0.133. The molecule has 116 valence electrons. The summed E-state index contributed by atoms with van der Waals surface area (Å²) in [6.45, 7) is 0.790. The molecule has 0 radical (unpaired) electrons. The minimum atomic E-state index is 0.214. The Morgan fingerprint density at radius 3 is 2.67 bits per heavy atom. The van der Waals surface area contributed by atoms with Crippen molar-refractivity contribution in [2.24, 2.45) is 0 Å². The highest BCUT2D eigenvalue weighted by Crippen LogP contribution is 2.25. The first-order valence-electron chi connectivity index (χ1n) is 7.73. The largest absolute Gasteiger partial charge is 0.496 e. The first-order valence-corrected chi connectivity index (χ1v) is 8.85. The molecular weight excluding hydrogens is 330 g/mol. The van der Waals surface area contributed by atoms with Crippen LogP contribution in [0.5, 0.6) is 5.75 Å². The van der Waals surface area contributed by atoms with E-state index in [1.54, 1.807) is 7.11 Å². The third-order valence-electron chi connectivity index (χ3n) is 4.20. The van der Waals surface area contributed by atoms with E-state index in [2.05, 4.69) is 20.8 Å². The number of amides is 1. The van der Waals surface area contributed by atoms with Gasteiger partial charge in [-0.2, -0.15) is 0 Å². The molecule has 1 amide bonds. The maximum Gasteiger partial charge on any atom is 0.227 e. The summed E-state index contributed by atoms with van der Waals surface area (Å²) in [6, 6.07) is 8.20. The Balaban J connectivity index is 2.07. The fourth-order valence-corrected chi connectivity index (χ4v) is 3.49. The Morgan fingerprint density at radius 2 is 2.00 bits per heavy atom. The van der Waals surface area contributed by atoms with Gasteiger partial charge < -0.3 is 9.64 Å². The number of alkyl halides is 1. The minimum absolute atomic E-state index is 0.214. The summed E-state index contributed by atoms with van der Waals surface area (Å²) < 4.78 is 5.35. The van der Waals surface area contributed by atoms with Gasteiger partial charge in [0.1, 0.15) is 5.75 Å². The van der Waals surface area contributed by atoms with Gasteiger partial charge in [-0.15, -0.1) is 0 Å². The van der Waals surface area contributed by atoms with Crippen LogP contribution in [-0.4, -0.2) is 35.8 Å². The maximum absolute atomic E-state index is 12.7. The molecule has 1 aliphatic carbocycles. The SMILES string of the molecule is COc1ccccc1CC(=O)N(CCBr)C1CCCCC1. The Hall–Kier alpha value is -1.03. The van der Waals surface area contributed by atoms with Crippen molar-refractivity contribution in [1.82, 2.24) is 4.90 Å². The number of nitrogens with zero attached hydrogens (tertiary/aromatic N) is 1. The van der Waals surface area contributed by atoms with Gasteiger partial charge in [0.05, 0.1) is 13.5 Å². The van der Waals surface area contributed by atoms with E-state index in [-0.39, 0.29) is 5.91 Å². The highest BCUT2D eigenvalue weighted by Gasteiger charge is 2.25. The van der Waals surface area contributed by atoms with E-state index in [9.17, 15) is 4.79 Å². The Bertz CT molecular complexity index is 458. The summed E-state index contributed by atoms with van der Waals surface area (Å²) in [5.41, 5.74) is 0.973. The summed E-state index contributed by atoms with van der Waals surface area (Å²) in [5.74, 6) is 1.01. The molecule has 0 bridgehead atoms. The molecule has 4 heteroatoms. The number of ether oxygens (including phenoxy) is 1. The van der Waals surface area contributed by atoms with E-state index in [0.717, 1.165) is 36.0 Å². The number of benzene rings is 1. The molecule has 21 heavy (non-hydrogen) atoms. The molecule has 0 atom stereocenters. The maximum atomic E-state index is 12.7. The fourth-order valence-electron chi connectivity index (χ4n) is 3.11. The van der Waals surface area contributed by atoms with Crippen LogP contribution in [0.1, 0.15) is 37.7 Å². The van der Waals surface area contributed by atoms with Crippen LogP contribution in [0, 0.1) is 0 Å². The van der Waals surface area contributed by atoms with Crippen LogP contribution in [0.25, 0.3) is 0 Å². The topological polar surface area (TPSA) is 29.5 Å². The molecule has 1 aliphatic rings. The summed E-state index contributed by atoms with van der Waals surface area (Å²) in [5, 5.41) is 0.834. The molecule has 0 unspecified atom stereocenters. The van der Waals surface area contributed by atoms with Crippen LogP contribution in [0.4, 0.5) is 0 Å². The highest BCUT2D eigenvalue weighted by molar-refractivity contribution is 9.09. The lowest BCUT2D eigenvalue weighted by Crippen LogP contribution is -2.43. The van der Waals surface area contributed by atoms with Crippen molar-refractivity contribution in [3.05, 3.63) is 29.8 Å². The molecule has 1 saturated carbocycles. The minimum Gasteiger partial charge on any atom is -0.496 e. The number of hydrogen-bond donors (Lipinski definition) is 0. The second kappa shape index (κ2) is 8.42. The average Bonchev–Trinajstić information content (AvgIpc) is 2.53. The molecule has 2 rings (SSSR count). The summed E-state index contributed by atoms with van der Waals surface area (Å²) in [7, 11) is 1.65. The second-order valence-corrected chi connectivity index (χ2v) is 6.35. The Labute approximate surface area is 135 Å². The summed E-state index contributed by atoms with van der Waals surface area (Å²) >= 11 is 3.48. The summed E-state index contributed by atoms with van der Waals surface area (Å²) in [4.78, 5) is 14.8. The van der Waals surface area contributed by atoms with Gasteiger partial charge in [0.25, 0.3) is 0 Å². The van der Waals surface area contributed by atoms with Gasteiger partial charge in [-0.1, -0.05) is 53.4 Å². The van der Waals surface area contributed by atoms with Gasteiger partial charge in [0.15, 0.2) is 0 Å². The molecule has 0 saturated heterocycles. The van der Waals surface area contributed by atoms with E-state index in [4.69, 9.17) is 4.74 Å². The molecule has 1 aromatic carbocycles. The van der Waals surface area contributed by atoms with Crippen molar-refractivity contribution < 1.29 is 9.53 Å². The van der Waals surface area contributed by atoms with Crippen molar-refractivity contribution in [2.75, 3.05) is 19.0 Å². The third-order valence-corrected chi connectivity index (χ3v) is 4.55. The van der Waals surface area contributed by atoms with Crippen molar-refractivity contribution in [3.63, 3.8) is 0 Å². The van der Waals surface area contributed by atoms with Crippen LogP contribution in [0.15, 0.2) is 24.3 Å². The number of carbonyl (C=O) groups is 1. The first kappa shape index (κ1) is 16.3. The zero-order valence-corrected chi connectivity index (χ0v) is 14.3.